The zero-order valence-corrected chi connectivity index (χ0v) is 22.3. The highest BCUT2D eigenvalue weighted by Crippen LogP contribution is 2.37. The van der Waals surface area contributed by atoms with Gasteiger partial charge in [-0.25, -0.2) is 4.79 Å². The van der Waals surface area contributed by atoms with Crippen molar-refractivity contribution in [2.45, 2.75) is 6.54 Å². The number of hydrogen-bond acceptors (Lipinski definition) is 6. The lowest BCUT2D eigenvalue weighted by Gasteiger charge is -2.14. The van der Waals surface area contributed by atoms with E-state index in [0.29, 0.717) is 32.5 Å². The molecule has 5 rings (SSSR count). The predicted molar refractivity (Wildman–Crippen MR) is 150 cm³/mol. The summed E-state index contributed by atoms with van der Waals surface area (Å²) in [5.74, 6) is -0.452. The van der Waals surface area contributed by atoms with Gasteiger partial charge in [0.25, 0.3) is 11.1 Å². The topological polar surface area (TPSA) is 72.9 Å². The van der Waals surface area contributed by atoms with Crippen molar-refractivity contribution < 1.29 is 23.9 Å². The van der Waals surface area contributed by atoms with E-state index in [1.54, 1.807) is 54.6 Å². The molecule has 190 valence electrons. The van der Waals surface area contributed by atoms with Gasteiger partial charge in [-0.3, -0.25) is 14.5 Å². The van der Waals surface area contributed by atoms with E-state index >= 15 is 0 Å². The Hall–Kier alpha value is -3.78. The fourth-order valence-electron chi connectivity index (χ4n) is 4.05. The molecule has 0 N–H and O–H groups in total. The van der Waals surface area contributed by atoms with Gasteiger partial charge in [0.15, 0.2) is 11.5 Å². The van der Waals surface area contributed by atoms with E-state index in [1.807, 2.05) is 30.3 Å². The van der Waals surface area contributed by atoms with Crippen LogP contribution in [0.4, 0.5) is 4.79 Å². The molecule has 1 fully saturated rings. The summed E-state index contributed by atoms with van der Waals surface area (Å²) >= 11 is 13.3. The summed E-state index contributed by atoms with van der Waals surface area (Å²) in [6.07, 6.45) is 1.58. The third kappa shape index (κ3) is 5.13. The summed E-state index contributed by atoms with van der Waals surface area (Å²) in [5.41, 5.74) is 1.52. The molecule has 38 heavy (non-hydrogen) atoms. The van der Waals surface area contributed by atoms with Crippen molar-refractivity contribution in [3.8, 4) is 11.5 Å². The fraction of sp³-hybridized carbons (Fsp3) is 0.0690. The number of hydrogen-bond donors (Lipinski definition) is 0. The third-order valence-electron chi connectivity index (χ3n) is 5.95. The lowest BCUT2D eigenvalue weighted by Crippen LogP contribution is -2.27. The second-order valence-corrected chi connectivity index (χ2v) is 10.1. The van der Waals surface area contributed by atoms with E-state index in [1.165, 1.54) is 7.11 Å². The summed E-state index contributed by atoms with van der Waals surface area (Å²) in [7, 11) is 1.45. The fourth-order valence-corrected chi connectivity index (χ4v) is 5.40. The van der Waals surface area contributed by atoms with E-state index < -0.39 is 17.1 Å². The Morgan fingerprint density at radius 3 is 2.39 bits per heavy atom. The number of fused-ring (bicyclic) bond motifs is 1. The number of thioether (sulfide) groups is 1. The monoisotopic (exact) mass is 563 g/mol. The molecular weight excluding hydrogens is 545 g/mol. The van der Waals surface area contributed by atoms with Crippen molar-refractivity contribution in [3.63, 3.8) is 0 Å². The maximum atomic E-state index is 13.0. The molecule has 6 nitrogen and oxygen atoms in total. The van der Waals surface area contributed by atoms with Gasteiger partial charge in [-0.05, 0) is 64.5 Å². The van der Waals surface area contributed by atoms with Crippen LogP contribution in [-0.4, -0.2) is 29.1 Å². The van der Waals surface area contributed by atoms with Crippen LogP contribution in [0.1, 0.15) is 21.5 Å². The summed E-state index contributed by atoms with van der Waals surface area (Å²) in [6.45, 7) is -0.0348. The molecule has 0 radical (unpaired) electrons. The van der Waals surface area contributed by atoms with Gasteiger partial charge in [-0.1, -0.05) is 71.7 Å². The average Bonchev–Trinajstić information content (AvgIpc) is 3.18. The minimum absolute atomic E-state index is 0.0348. The molecule has 1 saturated heterocycles. The van der Waals surface area contributed by atoms with Crippen molar-refractivity contribution in [2.75, 3.05) is 7.11 Å². The Morgan fingerprint density at radius 1 is 0.921 bits per heavy atom. The number of ether oxygens (including phenoxy) is 2. The predicted octanol–water partition coefficient (Wildman–Crippen LogP) is 7.61. The molecule has 9 heteroatoms. The largest absolute Gasteiger partial charge is 0.493 e. The molecule has 4 aromatic carbocycles. The van der Waals surface area contributed by atoms with Crippen molar-refractivity contribution in [1.29, 1.82) is 0 Å². The minimum Gasteiger partial charge on any atom is -0.493 e. The molecule has 1 heterocycles. The summed E-state index contributed by atoms with van der Waals surface area (Å²) in [4.78, 5) is 39.9. The molecule has 1 aliphatic rings. The standard InChI is InChI=1S/C29H19Cl2NO5S/c1-36-25-14-17(12-13-24(25)37-28(34)20-9-4-7-18-6-2-3-8-19(18)20)15-26-27(33)32(29(35)38-26)16-21-22(30)10-5-11-23(21)31/h2-15H,16H2,1H3/b26-15-. The first-order chi connectivity index (χ1) is 18.4. The van der Waals surface area contributed by atoms with Crippen LogP contribution >= 0.6 is 35.0 Å². The first-order valence-corrected chi connectivity index (χ1v) is 13.0. The summed E-state index contributed by atoms with van der Waals surface area (Å²) in [5, 5.41) is 2.03. The third-order valence-corrected chi connectivity index (χ3v) is 7.56. The van der Waals surface area contributed by atoms with E-state index in [0.717, 1.165) is 27.4 Å². The number of benzene rings is 4. The van der Waals surface area contributed by atoms with Crippen LogP contribution in [0.5, 0.6) is 11.5 Å². The quantitative estimate of drug-likeness (QED) is 0.136. The number of esters is 1. The molecule has 4 aromatic rings. The van der Waals surface area contributed by atoms with Crippen LogP contribution in [0.15, 0.2) is 83.8 Å². The summed E-state index contributed by atoms with van der Waals surface area (Å²) < 4.78 is 11.1. The van der Waals surface area contributed by atoms with Gasteiger partial charge in [0.2, 0.25) is 0 Å². The molecule has 0 saturated carbocycles. The smallest absolute Gasteiger partial charge is 0.344 e. The van der Waals surface area contributed by atoms with Crippen molar-refractivity contribution in [1.82, 2.24) is 4.90 Å². The number of imide groups is 1. The van der Waals surface area contributed by atoms with Crippen LogP contribution < -0.4 is 9.47 Å². The zero-order chi connectivity index (χ0) is 26.8. The lowest BCUT2D eigenvalue weighted by atomic mass is 10.0. The van der Waals surface area contributed by atoms with Gasteiger partial charge in [-0.15, -0.1) is 0 Å². The Morgan fingerprint density at radius 2 is 1.63 bits per heavy atom. The van der Waals surface area contributed by atoms with E-state index in [2.05, 4.69) is 0 Å². The molecule has 0 spiro atoms. The second-order valence-electron chi connectivity index (χ2n) is 8.29. The van der Waals surface area contributed by atoms with Crippen molar-refractivity contribution in [2.24, 2.45) is 0 Å². The zero-order valence-electron chi connectivity index (χ0n) is 19.9. The van der Waals surface area contributed by atoms with Crippen molar-refractivity contribution in [3.05, 3.63) is 111 Å². The molecule has 0 aromatic heterocycles. The number of halogens is 2. The number of amides is 2. The van der Waals surface area contributed by atoms with Crippen LogP contribution in [-0.2, 0) is 11.3 Å². The average molecular weight is 564 g/mol. The van der Waals surface area contributed by atoms with Gasteiger partial charge in [-0.2, -0.15) is 0 Å². The second kappa shape index (κ2) is 10.9. The molecule has 0 unspecified atom stereocenters. The summed E-state index contributed by atoms with van der Waals surface area (Å²) in [6, 6.07) is 22.9. The molecule has 0 bridgehead atoms. The number of carbonyl (C=O) groups is 3. The lowest BCUT2D eigenvalue weighted by molar-refractivity contribution is -0.123. The molecule has 0 atom stereocenters. The maximum absolute atomic E-state index is 13.0. The van der Waals surface area contributed by atoms with Crippen LogP contribution in [0, 0.1) is 0 Å². The van der Waals surface area contributed by atoms with E-state index in [4.69, 9.17) is 32.7 Å². The highest BCUT2D eigenvalue weighted by Gasteiger charge is 2.35. The number of rotatable bonds is 6. The first-order valence-electron chi connectivity index (χ1n) is 11.4. The number of nitrogens with zero attached hydrogens (tertiary/aromatic N) is 1. The van der Waals surface area contributed by atoms with Crippen LogP contribution in [0.2, 0.25) is 10.0 Å². The van der Waals surface area contributed by atoms with E-state index in [-0.39, 0.29) is 17.2 Å². The van der Waals surface area contributed by atoms with Gasteiger partial charge in [0.05, 0.1) is 24.1 Å². The van der Waals surface area contributed by atoms with Crippen LogP contribution in [0.25, 0.3) is 16.8 Å². The van der Waals surface area contributed by atoms with Crippen LogP contribution in [0.3, 0.4) is 0 Å². The minimum atomic E-state index is -0.521. The normalized spacial score (nSPS) is 14.4. The Bertz CT molecular complexity index is 1610. The van der Waals surface area contributed by atoms with Gasteiger partial charge in [0.1, 0.15) is 0 Å². The van der Waals surface area contributed by atoms with Gasteiger partial charge in [0, 0.05) is 15.6 Å². The number of methoxy groups -OCH3 is 1. The molecule has 1 aliphatic heterocycles. The van der Waals surface area contributed by atoms with E-state index in [9.17, 15) is 14.4 Å². The van der Waals surface area contributed by atoms with Crippen molar-refractivity contribution >= 4 is 68.9 Å². The Kier molecular flexibility index (Phi) is 7.42. The Labute approximate surface area is 232 Å². The van der Waals surface area contributed by atoms with Gasteiger partial charge >= 0.3 is 5.97 Å². The maximum Gasteiger partial charge on any atom is 0.344 e. The SMILES string of the molecule is COc1cc(/C=C2\SC(=O)N(Cc3c(Cl)cccc3Cl)C2=O)ccc1OC(=O)c1cccc2ccccc12. The molecular formula is C29H19Cl2NO5S. The van der Waals surface area contributed by atoms with Gasteiger partial charge < -0.3 is 9.47 Å². The molecule has 0 aliphatic carbocycles. The highest BCUT2D eigenvalue weighted by molar-refractivity contribution is 8.18. The Balaban J connectivity index is 1.37. The highest BCUT2D eigenvalue weighted by atomic mass is 35.5. The molecule has 2 amide bonds. The number of carbonyl (C=O) groups excluding carboxylic acids is 3. The first kappa shape index (κ1) is 25.9.